The van der Waals surface area contributed by atoms with Gasteiger partial charge in [0.2, 0.25) is 0 Å². The molecule has 3 nitrogen and oxygen atoms in total. The predicted octanol–water partition coefficient (Wildman–Crippen LogP) is 3.16. The third-order valence-corrected chi connectivity index (χ3v) is 3.58. The van der Waals surface area contributed by atoms with Crippen LogP contribution in [0.4, 0.5) is 0 Å². The van der Waals surface area contributed by atoms with Crippen molar-refractivity contribution in [2.75, 3.05) is 19.7 Å². The lowest BCUT2D eigenvalue weighted by atomic mass is 10.1. The molecule has 0 amide bonds. The van der Waals surface area contributed by atoms with Crippen LogP contribution in [0.15, 0.2) is 42.0 Å². The Morgan fingerprint density at radius 2 is 2.05 bits per heavy atom. The fourth-order valence-corrected chi connectivity index (χ4v) is 2.56. The highest BCUT2D eigenvalue weighted by Crippen LogP contribution is 2.18. The van der Waals surface area contributed by atoms with E-state index in [9.17, 15) is 4.79 Å². The Kier molecular flexibility index (Phi) is 5.81. The van der Waals surface area contributed by atoms with E-state index in [0.29, 0.717) is 6.61 Å². The van der Waals surface area contributed by atoms with E-state index in [1.54, 1.807) is 6.08 Å². The molecule has 0 saturated carbocycles. The minimum atomic E-state index is -0.195. The second kappa shape index (κ2) is 7.85. The first-order valence-electron chi connectivity index (χ1n) is 7.40. The van der Waals surface area contributed by atoms with Crippen molar-refractivity contribution in [3.05, 3.63) is 47.5 Å². The van der Waals surface area contributed by atoms with Crippen molar-refractivity contribution in [2.45, 2.75) is 32.7 Å². The van der Waals surface area contributed by atoms with Gasteiger partial charge in [0.25, 0.3) is 0 Å². The summed E-state index contributed by atoms with van der Waals surface area (Å²) in [5, 5.41) is 0. The van der Waals surface area contributed by atoms with Crippen LogP contribution >= 0.6 is 0 Å². The Hall–Kier alpha value is -1.61. The van der Waals surface area contributed by atoms with Gasteiger partial charge in [0.1, 0.15) is 0 Å². The molecule has 2 rings (SSSR count). The van der Waals surface area contributed by atoms with Gasteiger partial charge >= 0.3 is 5.97 Å². The Morgan fingerprint density at radius 3 is 2.80 bits per heavy atom. The van der Waals surface area contributed by atoms with Crippen LogP contribution in [0.2, 0.25) is 0 Å². The predicted molar refractivity (Wildman–Crippen MR) is 80.3 cm³/mol. The maximum atomic E-state index is 11.5. The molecule has 0 atom stereocenters. The Morgan fingerprint density at radius 1 is 1.25 bits per heavy atom. The van der Waals surface area contributed by atoms with Crippen molar-refractivity contribution >= 4 is 5.97 Å². The number of esters is 1. The van der Waals surface area contributed by atoms with Gasteiger partial charge in [-0.2, -0.15) is 0 Å². The van der Waals surface area contributed by atoms with E-state index in [4.69, 9.17) is 4.74 Å². The second-order valence-corrected chi connectivity index (χ2v) is 5.17. The molecule has 1 heterocycles. The van der Waals surface area contributed by atoms with Crippen LogP contribution in [-0.2, 0) is 16.1 Å². The van der Waals surface area contributed by atoms with Crippen molar-refractivity contribution in [3.8, 4) is 0 Å². The van der Waals surface area contributed by atoms with Crippen LogP contribution in [0, 0.1) is 0 Å². The van der Waals surface area contributed by atoms with Gasteiger partial charge in [-0.3, -0.25) is 4.90 Å². The number of hydrogen-bond acceptors (Lipinski definition) is 3. The lowest BCUT2D eigenvalue weighted by molar-refractivity contribution is -0.137. The lowest BCUT2D eigenvalue weighted by Gasteiger charge is -2.19. The molecule has 0 bridgehead atoms. The Balaban J connectivity index is 1.87. The molecule has 1 fully saturated rings. The number of likely N-dealkylation sites (tertiary alicyclic amines) is 1. The van der Waals surface area contributed by atoms with Crippen LogP contribution in [0.1, 0.15) is 31.7 Å². The molecular formula is C17H23NO2. The van der Waals surface area contributed by atoms with Gasteiger partial charge in [0, 0.05) is 19.2 Å². The van der Waals surface area contributed by atoms with Gasteiger partial charge < -0.3 is 4.74 Å². The lowest BCUT2D eigenvalue weighted by Crippen LogP contribution is -2.23. The normalized spacial score (nSPS) is 18.8. The highest BCUT2D eigenvalue weighted by Gasteiger charge is 2.13. The number of nitrogens with zero attached hydrogens (tertiary/aromatic N) is 1. The van der Waals surface area contributed by atoms with Crippen LogP contribution < -0.4 is 0 Å². The molecule has 0 aromatic heterocycles. The summed E-state index contributed by atoms with van der Waals surface area (Å²) in [6.07, 6.45) is 4.77. The SMILES string of the molecule is CCOC(=O)C=C1CCCN(Cc2ccccc2)CC1. The minimum Gasteiger partial charge on any atom is -0.463 e. The summed E-state index contributed by atoms with van der Waals surface area (Å²) in [6, 6.07) is 10.5. The molecule has 1 aliphatic rings. The van der Waals surface area contributed by atoms with E-state index in [1.807, 2.05) is 13.0 Å². The molecule has 0 unspecified atom stereocenters. The molecule has 1 saturated heterocycles. The van der Waals surface area contributed by atoms with Crippen molar-refractivity contribution in [1.29, 1.82) is 0 Å². The van der Waals surface area contributed by atoms with E-state index in [1.165, 1.54) is 11.1 Å². The average Bonchev–Trinajstić information content (AvgIpc) is 2.66. The highest BCUT2D eigenvalue weighted by molar-refractivity contribution is 5.82. The van der Waals surface area contributed by atoms with Crippen molar-refractivity contribution in [1.82, 2.24) is 4.90 Å². The van der Waals surface area contributed by atoms with Gasteiger partial charge in [-0.25, -0.2) is 4.79 Å². The molecule has 0 radical (unpaired) electrons. The van der Waals surface area contributed by atoms with Crippen LogP contribution in [-0.4, -0.2) is 30.6 Å². The number of ether oxygens (including phenoxy) is 1. The van der Waals surface area contributed by atoms with E-state index in [0.717, 1.165) is 38.9 Å². The molecule has 1 aliphatic heterocycles. The van der Waals surface area contributed by atoms with Crippen LogP contribution in [0.5, 0.6) is 0 Å². The number of carbonyl (C=O) groups excluding carboxylic acids is 1. The monoisotopic (exact) mass is 273 g/mol. The van der Waals surface area contributed by atoms with E-state index in [2.05, 4.69) is 29.2 Å². The molecule has 0 aliphatic carbocycles. The van der Waals surface area contributed by atoms with Crippen molar-refractivity contribution in [2.24, 2.45) is 0 Å². The maximum absolute atomic E-state index is 11.5. The first-order valence-corrected chi connectivity index (χ1v) is 7.40. The molecule has 108 valence electrons. The fraction of sp³-hybridized carbons (Fsp3) is 0.471. The summed E-state index contributed by atoms with van der Waals surface area (Å²) in [5.41, 5.74) is 2.57. The topological polar surface area (TPSA) is 29.5 Å². The largest absolute Gasteiger partial charge is 0.463 e. The number of hydrogen-bond donors (Lipinski definition) is 0. The number of rotatable bonds is 4. The number of carbonyl (C=O) groups is 1. The smallest absolute Gasteiger partial charge is 0.330 e. The molecule has 20 heavy (non-hydrogen) atoms. The molecular weight excluding hydrogens is 250 g/mol. The van der Waals surface area contributed by atoms with Gasteiger partial charge in [-0.1, -0.05) is 35.9 Å². The van der Waals surface area contributed by atoms with Gasteiger partial charge in [-0.05, 0) is 38.3 Å². The second-order valence-electron chi connectivity index (χ2n) is 5.17. The molecule has 1 aromatic rings. The first kappa shape index (κ1) is 14.8. The van der Waals surface area contributed by atoms with Gasteiger partial charge in [-0.15, -0.1) is 0 Å². The summed E-state index contributed by atoms with van der Waals surface area (Å²) >= 11 is 0. The molecule has 1 aromatic carbocycles. The molecule has 3 heteroatoms. The van der Waals surface area contributed by atoms with Gasteiger partial charge in [0.15, 0.2) is 0 Å². The van der Waals surface area contributed by atoms with E-state index < -0.39 is 0 Å². The average molecular weight is 273 g/mol. The van der Waals surface area contributed by atoms with Crippen molar-refractivity contribution in [3.63, 3.8) is 0 Å². The summed E-state index contributed by atoms with van der Waals surface area (Å²) in [6.45, 7) is 5.39. The van der Waals surface area contributed by atoms with Crippen LogP contribution in [0.25, 0.3) is 0 Å². The fourth-order valence-electron chi connectivity index (χ4n) is 2.56. The summed E-state index contributed by atoms with van der Waals surface area (Å²) in [5.74, 6) is -0.195. The van der Waals surface area contributed by atoms with Crippen LogP contribution in [0.3, 0.4) is 0 Å². The summed E-state index contributed by atoms with van der Waals surface area (Å²) in [4.78, 5) is 13.9. The summed E-state index contributed by atoms with van der Waals surface area (Å²) < 4.78 is 4.98. The third-order valence-electron chi connectivity index (χ3n) is 3.58. The Labute approximate surface area is 121 Å². The Bertz CT molecular complexity index is 453. The standard InChI is InChI=1S/C17H23NO2/c1-2-20-17(19)13-15-9-6-11-18(12-10-15)14-16-7-4-3-5-8-16/h3-5,7-8,13H,2,6,9-12,14H2,1H3. The zero-order chi connectivity index (χ0) is 14.2. The van der Waals surface area contributed by atoms with Gasteiger partial charge in [0.05, 0.1) is 6.61 Å². The molecule has 0 N–H and O–H groups in total. The van der Waals surface area contributed by atoms with Crippen molar-refractivity contribution < 1.29 is 9.53 Å². The first-order chi connectivity index (χ1) is 9.78. The quantitative estimate of drug-likeness (QED) is 0.623. The molecule has 0 spiro atoms. The zero-order valence-electron chi connectivity index (χ0n) is 12.2. The zero-order valence-corrected chi connectivity index (χ0v) is 12.2. The van der Waals surface area contributed by atoms with E-state index >= 15 is 0 Å². The van der Waals surface area contributed by atoms with E-state index in [-0.39, 0.29) is 5.97 Å². The highest BCUT2D eigenvalue weighted by atomic mass is 16.5. The number of benzene rings is 1. The third kappa shape index (κ3) is 4.82. The maximum Gasteiger partial charge on any atom is 0.330 e. The summed E-state index contributed by atoms with van der Waals surface area (Å²) in [7, 11) is 0. The minimum absolute atomic E-state index is 0.195.